The zero-order chi connectivity index (χ0) is 17.5. The number of rotatable bonds is 4. The van der Waals surface area contributed by atoms with Gasteiger partial charge in [0.15, 0.2) is 0 Å². The first-order chi connectivity index (χ1) is 11.3. The predicted molar refractivity (Wildman–Crippen MR) is 91.9 cm³/mol. The average molecular weight is 347 g/mol. The summed E-state index contributed by atoms with van der Waals surface area (Å²) >= 11 is 0. The molecule has 0 radical (unpaired) electrons. The summed E-state index contributed by atoms with van der Waals surface area (Å²) in [5.41, 5.74) is 6.89. The third-order valence-corrected chi connectivity index (χ3v) is 5.41. The maximum absolute atomic E-state index is 12.9. The van der Waals surface area contributed by atoms with E-state index in [4.69, 9.17) is 10.5 Å². The first-order valence-corrected chi connectivity index (χ1v) is 8.78. The summed E-state index contributed by atoms with van der Waals surface area (Å²) in [7, 11) is -4.04. The van der Waals surface area contributed by atoms with Crippen molar-refractivity contribution in [3.63, 3.8) is 0 Å². The molecule has 3 rings (SSSR count). The molecule has 0 spiro atoms. The van der Waals surface area contributed by atoms with Crippen LogP contribution in [0.15, 0.2) is 46.1 Å². The fourth-order valence-corrected chi connectivity index (χ4v) is 3.84. The van der Waals surface area contributed by atoms with Crippen molar-refractivity contribution in [2.75, 3.05) is 12.3 Å². The third kappa shape index (κ3) is 2.54. The smallest absolute Gasteiger partial charge is 0.340 e. The van der Waals surface area contributed by atoms with E-state index < -0.39 is 15.7 Å². The molecule has 1 heterocycles. The summed E-state index contributed by atoms with van der Waals surface area (Å²) in [6.07, 6.45) is 0. The molecule has 0 unspecified atom stereocenters. The number of anilines is 1. The van der Waals surface area contributed by atoms with Crippen LogP contribution in [0.25, 0.3) is 11.0 Å². The molecule has 2 aromatic carbocycles. The molecule has 0 saturated carbocycles. The van der Waals surface area contributed by atoms with Crippen molar-refractivity contribution in [2.45, 2.75) is 18.7 Å². The lowest BCUT2D eigenvalue weighted by molar-refractivity contribution is 0.340. The van der Waals surface area contributed by atoms with Gasteiger partial charge in [-0.15, -0.1) is 0 Å². The molecule has 0 saturated heterocycles. The Morgan fingerprint density at radius 1 is 1.21 bits per heavy atom. The van der Waals surface area contributed by atoms with E-state index in [2.05, 4.69) is 4.98 Å². The number of hydrogen-bond acceptors (Lipinski definition) is 5. The minimum absolute atomic E-state index is 0.00318. The maximum Gasteiger partial charge on any atom is 0.340 e. The van der Waals surface area contributed by atoms with E-state index in [9.17, 15) is 13.2 Å². The number of hydrogen-bond donors (Lipinski definition) is 2. The van der Waals surface area contributed by atoms with E-state index in [0.29, 0.717) is 29.1 Å². The van der Waals surface area contributed by atoms with Gasteiger partial charge in [0.25, 0.3) is 10.0 Å². The van der Waals surface area contributed by atoms with Crippen LogP contribution in [0.4, 0.5) is 5.69 Å². The van der Waals surface area contributed by atoms with Gasteiger partial charge in [-0.05, 0) is 55.8 Å². The molecule has 1 aromatic heterocycles. The van der Waals surface area contributed by atoms with Crippen LogP contribution in [0.3, 0.4) is 0 Å². The zero-order valence-corrected chi connectivity index (χ0v) is 14.1. The van der Waals surface area contributed by atoms with Gasteiger partial charge in [-0.3, -0.25) is 0 Å². The van der Waals surface area contributed by atoms with Crippen LogP contribution < -0.4 is 16.2 Å². The quantitative estimate of drug-likeness (QED) is 0.701. The van der Waals surface area contributed by atoms with Crippen molar-refractivity contribution in [1.82, 2.24) is 8.96 Å². The molecular formula is C16H17N3O4S. The average Bonchev–Trinajstić information content (AvgIpc) is 2.84. The monoisotopic (exact) mass is 347 g/mol. The van der Waals surface area contributed by atoms with Crippen molar-refractivity contribution in [2.24, 2.45) is 0 Å². The van der Waals surface area contributed by atoms with E-state index in [1.165, 1.54) is 12.1 Å². The Morgan fingerprint density at radius 2 is 1.88 bits per heavy atom. The molecule has 0 bridgehead atoms. The van der Waals surface area contributed by atoms with Gasteiger partial charge in [-0.1, -0.05) is 0 Å². The van der Waals surface area contributed by atoms with Crippen LogP contribution in [0.1, 0.15) is 12.5 Å². The first kappa shape index (κ1) is 16.1. The zero-order valence-electron chi connectivity index (χ0n) is 13.2. The minimum atomic E-state index is -4.04. The van der Waals surface area contributed by atoms with Gasteiger partial charge in [0, 0.05) is 5.69 Å². The van der Waals surface area contributed by atoms with Crippen LogP contribution in [0.5, 0.6) is 5.75 Å². The molecule has 0 aliphatic carbocycles. The van der Waals surface area contributed by atoms with Crippen LogP contribution in [0.2, 0.25) is 0 Å². The SMILES string of the molecule is CCOc1ccc(S(=O)(=O)n2c(=O)[nH]c3cc(N)c(C)cc32)cc1. The molecule has 7 nitrogen and oxygen atoms in total. The molecule has 126 valence electrons. The van der Waals surface area contributed by atoms with Gasteiger partial charge < -0.3 is 15.5 Å². The second kappa shape index (κ2) is 5.72. The van der Waals surface area contributed by atoms with Crippen LogP contribution in [0, 0.1) is 6.92 Å². The summed E-state index contributed by atoms with van der Waals surface area (Å²) in [6.45, 7) is 4.07. The number of fused-ring (bicyclic) bond motifs is 1. The molecule has 0 atom stereocenters. The van der Waals surface area contributed by atoms with Crippen molar-refractivity contribution in [3.05, 3.63) is 52.4 Å². The number of nitrogens with one attached hydrogen (secondary N) is 1. The summed E-state index contributed by atoms with van der Waals surface area (Å²) in [5, 5.41) is 0. The standard InChI is InChI=1S/C16H17N3O4S/c1-3-23-11-4-6-12(7-5-11)24(21,22)19-15-8-10(2)13(17)9-14(15)18-16(19)20/h4-9H,3,17H2,1-2H3,(H,18,20). The van der Waals surface area contributed by atoms with Gasteiger partial charge in [0.05, 0.1) is 22.5 Å². The molecule has 3 aromatic rings. The van der Waals surface area contributed by atoms with E-state index in [0.717, 1.165) is 3.97 Å². The van der Waals surface area contributed by atoms with Gasteiger partial charge >= 0.3 is 5.69 Å². The van der Waals surface area contributed by atoms with Crippen molar-refractivity contribution in [1.29, 1.82) is 0 Å². The first-order valence-electron chi connectivity index (χ1n) is 7.34. The molecule has 0 aliphatic rings. The maximum atomic E-state index is 12.9. The summed E-state index contributed by atoms with van der Waals surface area (Å²) in [6, 6.07) is 9.06. The number of H-pyrrole nitrogens is 1. The molecule has 0 amide bonds. The third-order valence-electron chi connectivity index (χ3n) is 3.70. The number of ether oxygens (including phenoxy) is 1. The molecule has 0 aliphatic heterocycles. The highest BCUT2D eigenvalue weighted by atomic mass is 32.2. The number of benzene rings is 2. The summed E-state index contributed by atoms with van der Waals surface area (Å²) in [4.78, 5) is 14.7. The fraction of sp³-hybridized carbons (Fsp3) is 0.188. The van der Waals surface area contributed by atoms with Crippen LogP contribution in [-0.2, 0) is 10.0 Å². The van der Waals surface area contributed by atoms with E-state index in [1.54, 1.807) is 31.2 Å². The largest absolute Gasteiger partial charge is 0.494 e. The normalized spacial score (nSPS) is 11.8. The Morgan fingerprint density at radius 3 is 2.50 bits per heavy atom. The number of aryl methyl sites for hydroxylation is 1. The van der Waals surface area contributed by atoms with E-state index in [1.807, 2.05) is 6.92 Å². The Hall–Kier alpha value is -2.74. The summed E-state index contributed by atoms with van der Waals surface area (Å²) < 4.78 is 31.8. The second-order valence-corrected chi connectivity index (χ2v) is 7.12. The lowest BCUT2D eigenvalue weighted by Crippen LogP contribution is -2.25. The summed E-state index contributed by atoms with van der Waals surface area (Å²) in [5.74, 6) is 0.561. The second-order valence-electron chi connectivity index (χ2n) is 5.33. The predicted octanol–water partition coefficient (Wildman–Crippen LogP) is 1.86. The van der Waals surface area contributed by atoms with Crippen molar-refractivity contribution in [3.8, 4) is 5.75 Å². The number of imidazole rings is 1. The minimum Gasteiger partial charge on any atom is -0.494 e. The van der Waals surface area contributed by atoms with Crippen LogP contribution >= 0.6 is 0 Å². The van der Waals surface area contributed by atoms with Gasteiger partial charge in [-0.2, -0.15) is 3.97 Å². The Labute approximate surface area is 138 Å². The van der Waals surface area contributed by atoms with Gasteiger partial charge in [0.2, 0.25) is 0 Å². The number of nitrogens with two attached hydrogens (primary N) is 1. The molecule has 24 heavy (non-hydrogen) atoms. The highest BCUT2D eigenvalue weighted by Gasteiger charge is 2.23. The lowest BCUT2D eigenvalue weighted by Gasteiger charge is -2.08. The van der Waals surface area contributed by atoms with E-state index in [-0.39, 0.29) is 10.4 Å². The van der Waals surface area contributed by atoms with Gasteiger partial charge in [0.1, 0.15) is 5.75 Å². The Bertz CT molecular complexity index is 1060. The topological polar surface area (TPSA) is 107 Å². The molecule has 8 heteroatoms. The number of nitrogens with zero attached hydrogens (tertiary/aromatic N) is 1. The Balaban J connectivity index is 2.20. The number of aromatic nitrogens is 2. The Kier molecular flexibility index (Phi) is 3.84. The highest BCUT2D eigenvalue weighted by molar-refractivity contribution is 7.90. The number of aromatic amines is 1. The number of nitrogen functional groups attached to an aromatic ring is 1. The molecule has 0 fully saturated rings. The molecular weight excluding hydrogens is 330 g/mol. The van der Waals surface area contributed by atoms with Crippen LogP contribution in [-0.4, -0.2) is 24.0 Å². The van der Waals surface area contributed by atoms with Crippen molar-refractivity contribution < 1.29 is 13.2 Å². The lowest BCUT2D eigenvalue weighted by atomic mass is 10.2. The van der Waals surface area contributed by atoms with Crippen molar-refractivity contribution >= 4 is 26.7 Å². The fourth-order valence-electron chi connectivity index (χ4n) is 2.47. The molecule has 3 N–H and O–H groups in total. The van der Waals surface area contributed by atoms with Gasteiger partial charge in [-0.25, -0.2) is 13.2 Å². The van der Waals surface area contributed by atoms with E-state index >= 15 is 0 Å². The highest BCUT2D eigenvalue weighted by Crippen LogP contribution is 2.23.